The average molecular weight is 257 g/mol. The SMILES string of the molecule is Cc1cnc(Nc2cc(C3CCCC3)[nH]n2)c(C)n1. The highest BCUT2D eigenvalue weighted by Gasteiger charge is 2.19. The summed E-state index contributed by atoms with van der Waals surface area (Å²) < 4.78 is 0. The Morgan fingerprint density at radius 3 is 2.79 bits per heavy atom. The van der Waals surface area contributed by atoms with Gasteiger partial charge in [-0.15, -0.1) is 0 Å². The highest BCUT2D eigenvalue weighted by molar-refractivity contribution is 5.54. The molecule has 0 amide bonds. The van der Waals surface area contributed by atoms with E-state index in [1.165, 1.54) is 31.4 Å². The van der Waals surface area contributed by atoms with E-state index >= 15 is 0 Å². The lowest BCUT2D eigenvalue weighted by atomic mass is 10.0. The first-order valence-corrected chi connectivity index (χ1v) is 6.85. The van der Waals surface area contributed by atoms with Crippen LogP contribution in [0.3, 0.4) is 0 Å². The first-order valence-electron chi connectivity index (χ1n) is 6.85. The molecule has 2 aromatic rings. The maximum atomic E-state index is 4.39. The van der Waals surface area contributed by atoms with E-state index in [1.807, 2.05) is 13.8 Å². The van der Waals surface area contributed by atoms with Gasteiger partial charge in [0.15, 0.2) is 11.6 Å². The Morgan fingerprint density at radius 1 is 1.26 bits per heavy atom. The van der Waals surface area contributed by atoms with Crippen LogP contribution in [0.15, 0.2) is 12.3 Å². The number of nitrogens with one attached hydrogen (secondary N) is 2. The summed E-state index contributed by atoms with van der Waals surface area (Å²) in [6, 6.07) is 2.09. The minimum absolute atomic E-state index is 0.647. The van der Waals surface area contributed by atoms with E-state index in [1.54, 1.807) is 6.20 Å². The largest absolute Gasteiger partial charge is 0.322 e. The van der Waals surface area contributed by atoms with Crippen molar-refractivity contribution in [1.29, 1.82) is 0 Å². The number of hydrogen-bond donors (Lipinski definition) is 2. The quantitative estimate of drug-likeness (QED) is 0.886. The topological polar surface area (TPSA) is 66.5 Å². The molecule has 0 spiro atoms. The van der Waals surface area contributed by atoms with Crippen LogP contribution in [0.5, 0.6) is 0 Å². The Bertz CT molecular complexity index is 569. The summed E-state index contributed by atoms with van der Waals surface area (Å²) in [7, 11) is 0. The summed E-state index contributed by atoms with van der Waals surface area (Å²) >= 11 is 0. The third-order valence-electron chi connectivity index (χ3n) is 3.71. The van der Waals surface area contributed by atoms with E-state index in [0.29, 0.717) is 5.92 Å². The van der Waals surface area contributed by atoms with Crippen molar-refractivity contribution in [3.8, 4) is 0 Å². The van der Waals surface area contributed by atoms with E-state index in [4.69, 9.17) is 0 Å². The van der Waals surface area contributed by atoms with Gasteiger partial charge in [-0.3, -0.25) is 10.1 Å². The predicted octanol–water partition coefficient (Wildman–Crippen LogP) is 3.22. The van der Waals surface area contributed by atoms with Crippen molar-refractivity contribution in [2.24, 2.45) is 0 Å². The molecular formula is C14H19N5. The highest BCUT2D eigenvalue weighted by Crippen LogP contribution is 2.33. The molecule has 5 heteroatoms. The number of aryl methyl sites for hydroxylation is 2. The molecule has 2 N–H and O–H groups in total. The third kappa shape index (κ3) is 2.59. The Labute approximate surface area is 112 Å². The fourth-order valence-electron chi connectivity index (χ4n) is 2.69. The number of aromatic amines is 1. The summed E-state index contributed by atoms with van der Waals surface area (Å²) in [5, 5.41) is 10.7. The second kappa shape index (κ2) is 4.99. The van der Waals surface area contributed by atoms with Crippen molar-refractivity contribution in [3.05, 3.63) is 29.3 Å². The van der Waals surface area contributed by atoms with Gasteiger partial charge >= 0.3 is 0 Å². The lowest BCUT2D eigenvalue weighted by Gasteiger charge is -2.05. The molecule has 2 heterocycles. The van der Waals surface area contributed by atoms with Crippen LogP contribution in [0, 0.1) is 13.8 Å². The summed E-state index contributed by atoms with van der Waals surface area (Å²) in [5.74, 6) is 2.24. The van der Waals surface area contributed by atoms with Crippen molar-refractivity contribution in [1.82, 2.24) is 20.2 Å². The summed E-state index contributed by atoms with van der Waals surface area (Å²) in [5.41, 5.74) is 3.06. The Balaban J connectivity index is 1.76. The fraction of sp³-hybridized carbons (Fsp3) is 0.500. The van der Waals surface area contributed by atoms with Gasteiger partial charge in [0.1, 0.15) is 0 Å². The van der Waals surface area contributed by atoms with Gasteiger partial charge in [-0.25, -0.2) is 4.98 Å². The summed E-state index contributed by atoms with van der Waals surface area (Å²) in [6.07, 6.45) is 6.96. The highest BCUT2D eigenvalue weighted by atomic mass is 15.2. The normalized spacial score (nSPS) is 15.9. The minimum atomic E-state index is 0.647. The van der Waals surface area contributed by atoms with Crippen LogP contribution in [0.2, 0.25) is 0 Å². The van der Waals surface area contributed by atoms with E-state index in [-0.39, 0.29) is 0 Å². The molecular weight excluding hydrogens is 238 g/mol. The summed E-state index contributed by atoms with van der Waals surface area (Å²) in [6.45, 7) is 3.89. The Kier molecular flexibility index (Phi) is 3.19. The van der Waals surface area contributed by atoms with Crippen molar-refractivity contribution >= 4 is 11.6 Å². The zero-order valence-corrected chi connectivity index (χ0v) is 11.4. The van der Waals surface area contributed by atoms with Crippen LogP contribution in [-0.4, -0.2) is 20.2 Å². The van der Waals surface area contributed by atoms with Gasteiger partial charge in [0, 0.05) is 17.7 Å². The second-order valence-corrected chi connectivity index (χ2v) is 5.26. The van der Waals surface area contributed by atoms with E-state index in [9.17, 15) is 0 Å². The molecule has 0 saturated heterocycles. The Hall–Kier alpha value is -1.91. The molecule has 0 unspecified atom stereocenters. The molecule has 2 aromatic heterocycles. The van der Waals surface area contributed by atoms with Crippen LogP contribution in [0.25, 0.3) is 0 Å². The molecule has 19 heavy (non-hydrogen) atoms. The molecule has 1 aliphatic carbocycles. The molecule has 5 nitrogen and oxygen atoms in total. The van der Waals surface area contributed by atoms with E-state index in [0.717, 1.165) is 23.0 Å². The third-order valence-corrected chi connectivity index (χ3v) is 3.71. The van der Waals surface area contributed by atoms with Crippen LogP contribution in [0.4, 0.5) is 11.6 Å². The number of aromatic nitrogens is 4. The molecule has 0 atom stereocenters. The van der Waals surface area contributed by atoms with Crippen LogP contribution in [0.1, 0.15) is 48.7 Å². The van der Waals surface area contributed by atoms with E-state index < -0.39 is 0 Å². The standard InChI is InChI=1S/C14H19N5/c1-9-8-15-14(10(2)16-9)17-13-7-12(18-19-13)11-5-3-4-6-11/h7-8,11H,3-6H2,1-2H3,(H2,15,17,18,19). The van der Waals surface area contributed by atoms with Crippen LogP contribution < -0.4 is 5.32 Å². The molecule has 0 radical (unpaired) electrons. The zero-order chi connectivity index (χ0) is 13.2. The van der Waals surface area contributed by atoms with Gasteiger partial charge in [-0.2, -0.15) is 5.10 Å². The number of rotatable bonds is 3. The van der Waals surface area contributed by atoms with Gasteiger partial charge < -0.3 is 5.32 Å². The van der Waals surface area contributed by atoms with Crippen LogP contribution >= 0.6 is 0 Å². The van der Waals surface area contributed by atoms with Crippen molar-refractivity contribution in [3.63, 3.8) is 0 Å². The number of nitrogens with zero attached hydrogens (tertiary/aromatic N) is 3. The van der Waals surface area contributed by atoms with E-state index in [2.05, 4.69) is 31.5 Å². The molecule has 100 valence electrons. The lowest BCUT2D eigenvalue weighted by molar-refractivity contribution is 0.693. The van der Waals surface area contributed by atoms with Crippen molar-refractivity contribution in [2.45, 2.75) is 45.4 Å². The predicted molar refractivity (Wildman–Crippen MR) is 74.6 cm³/mol. The number of anilines is 2. The second-order valence-electron chi connectivity index (χ2n) is 5.26. The average Bonchev–Trinajstić information content (AvgIpc) is 3.03. The maximum Gasteiger partial charge on any atom is 0.153 e. The Morgan fingerprint density at radius 2 is 2.05 bits per heavy atom. The molecule has 0 aromatic carbocycles. The zero-order valence-electron chi connectivity index (χ0n) is 11.4. The molecule has 0 bridgehead atoms. The first-order chi connectivity index (χ1) is 9.22. The molecule has 1 saturated carbocycles. The monoisotopic (exact) mass is 257 g/mol. The smallest absolute Gasteiger partial charge is 0.153 e. The summed E-state index contributed by atoms with van der Waals surface area (Å²) in [4.78, 5) is 8.74. The van der Waals surface area contributed by atoms with Crippen molar-refractivity contribution < 1.29 is 0 Å². The molecule has 1 fully saturated rings. The number of hydrogen-bond acceptors (Lipinski definition) is 4. The molecule has 1 aliphatic rings. The molecule has 0 aliphatic heterocycles. The lowest BCUT2D eigenvalue weighted by Crippen LogP contribution is -1.99. The fourth-order valence-corrected chi connectivity index (χ4v) is 2.69. The van der Waals surface area contributed by atoms with Gasteiger partial charge in [0.2, 0.25) is 0 Å². The van der Waals surface area contributed by atoms with Crippen molar-refractivity contribution in [2.75, 3.05) is 5.32 Å². The van der Waals surface area contributed by atoms with Crippen LogP contribution in [-0.2, 0) is 0 Å². The number of H-pyrrole nitrogens is 1. The van der Waals surface area contributed by atoms with Gasteiger partial charge in [0.05, 0.1) is 17.6 Å². The maximum absolute atomic E-state index is 4.39. The molecule has 3 rings (SSSR count). The van der Waals surface area contributed by atoms with Gasteiger partial charge in [0.25, 0.3) is 0 Å². The van der Waals surface area contributed by atoms with Gasteiger partial charge in [-0.1, -0.05) is 12.8 Å². The first kappa shape index (κ1) is 12.1. The minimum Gasteiger partial charge on any atom is -0.322 e. The van der Waals surface area contributed by atoms with Gasteiger partial charge in [-0.05, 0) is 26.7 Å².